The molecule has 6 nitrogen and oxygen atoms in total. The zero-order valence-electron chi connectivity index (χ0n) is 13.4. The summed E-state index contributed by atoms with van der Waals surface area (Å²) in [6, 6.07) is 7.86. The normalized spacial score (nSPS) is 33.7. The minimum atomic E-state index is -1.02. The first-order valence-electron chi connectivity index (χ1n) is 7.88. The third-order valence-corrected chi connectivity index (χ3v) is 5.20. The smallest absolute Gasteiger partial charge is 0.334 e. The van der Waals surface area contributed by atoms with Crippen molar-refractivity contribution in [3.8, 4) is 0 Å². The average Bonchev–Trinajstić information content (AvgIpc) is 2.77. The second-order valence-corrected chi connectivity index (χ2v) is 6.76. The number of benzene rings is 1. The summed E-state index contributed by atoms with van der Waals surface area (Å²) >= 11 is 0. The SMILES string of the molecule is Cc1ccc(COC2=CC(=O)O[C@]3(C)[C@H]2[C@@H]2C(=O)NC(=O)[C@@H]23)cc1. The predicted octanol–water partition coefficient (Wildman–Crippen LogP) is 1.23. The molecule has 1 aliphatic carbocycles. The molecule has 0 spiro atoms. The van der Waals surface area contributed by atoms with Crippen molar-refractivity contribution in [2.24, 2.45) is 17.8 Å². The third-order valence-electron chi connectivity index (χ3n) is 5.20. The Balaban J connectivity index is 1.58. The lowest BCUT2D eigenvalue weighted by atomic mass is 9.53. The van der Waals surface area contributed by atoms with Gasteiger partial charge in [-0.1, -0.05) is 29.8 Å². The highest BCUT2D eigenvalue weighted by Gasteiger charge is 2.73. The molecule has 4 atom stereocenters. The number of amides is 2. The second-order valence-electron chi connectivity index (χ2n) is 6.76. The molecule has 1 N–H and O–H groups in total. The third kappa shape index (κ3) is 1.99. The number of fused-ring (bicyclic) bond motifs is 4. The number of carbonyl (C=O) groups excluding carboxylic acids is 3. The van der Waals surface area contributed by atoms with Gasteiger partial charge in [0.05, 0.1) is 23.8 Å². The molecule has 2 amide bonds. The molecule has 0 unspecified atom stereocenters. The highest BCUT2D eigenvalue weighted by Crippen LogP contribution is 2.58. The Morgan fingerprint density at radius 3 is 2.54 bits per heavy atom. The summed E-state index contributed by atoms with van der Waals surface area (Å²) in [6.07, 6.45) is 1.28. The minimum Gasteiger partial charge on any atom is -0.492 e. The molecule has 2 heterocycles. The van der Waals surface area contributed by atoms with Crippen LogP contribution in [-0.2, 0) is 30.5 Å². The summed E-state index contributed by atoms with van der Waals surface area (Å²) in [5.74, 6) is -2.41. The molecule has 6 heteroatoms. The molecule has 3 aliphatic rings. The molecule has 1 aromatic rings. The van der Waals surface area contributed by atoms with E-state index in [-0.39, 0.29) is 11.8 Å². The van der Waals surface area contributed by atoms with E-state index in [0.717, 1.165) is 11.1 Å². The van der Waals surface area contributed by atoms with Gasteiger partial charge >= 0.3 is 5.97 Å². The maximum atomic E-state index is 12.0. The number of imide groups is 1. The summed E-state index contributed by atoms with van der Waals surface area (Å²) in [5, 5.41) is 2.32. The fourth-order valence-corrected chi connectivity index (χ4v) is 4.01. The number of nitrogens with one attached hydrogen (secondary N) is 1. The van der Waals surface area contributed by atoms with Crippen LogP contribution in [0.2, 0.25) is 0 Å². The van der Waals surface area contributed by atoms with Gasteiger partial charge in [-0.15, -0.1) is 0 Å². The van der Waals surface area contributed by atoms with Crippen molar-refractivity contribution < 1.29 is 23.9 Å². The van der Waals surface area contributed by atoms with Gasteiger partial charge in [-0.2, -0.15) is 0 Å². The Morgan fingerprint density at radius 2 is 1.83 bits per heavy atom. The van der Waals surface area contributed by atoms with Gasteiger partial charge < -0.3 is 9.47 Å². The average molecular weight is 327 g/mol. The first kappa shape index (κ1) is 14.9. The molecule has 0 aromatic heterocycles. The monoisotopic (exact) mass is 327 g/mol. The first-order valence-corrected chi connectivity index (χ1v) is 7.88. The van der Waals surface area contributed by atoms with Gasteiger partial charge in [0.2, 0.25) is 11.8 Å². The van der Waals surface area contributed by atoms with Crippen LogP contribution in [-0.4, -0.2) is 23.4 Å². The van der Waals surface area contributed by atoms with Crippen LogP contribution in [0, 0.1) is 24.7 Å². The van der Waals surface area contributed by atoms with Crippen molar-refractivity contribution in [1.82, 2.24) is 5.32 Å². The number of rotatable bonds is 3. The first-order chi connectivity index (χ1) is 11.4. The van der Waals surface area contributed by atoms with Crippen molar-refractivity contribution in [2.45, 2.75) is 26.1 Å². The predicted molar refractivity (Wildman–Crippen MR) is 82.2 cm³/mol. The zero-order chi connectivity index (χ0) is 17.1. The highest BCUT2D eigenvalue weighted by molar-refractivity contribution is 6.08. The van der Waals surface area contributed by atoms with Crippen LogP contribution in [0.4, 0.5) is 0 Å². The Labute approximate surface area is 138 Å². The van der Waals surface area contributed by atoms with Gasteiger partial charge in [0.1, 0.15) is 18.0 Å². The maximum absolute atomic E-state index is 12.0. The van der Waals surface area contributed by atoms with E-state index in [2.05, 4.69) is 5.32 Å². The van der Waals surface area contributed by atoms with Crippen LogP contribution >= 0.6 is 0 Å². The summed E-state index contributed by atoms with van der Waals surface area (Å²) in [6.45, 7) is 3.98. The van der Waals surface area contributed by atoms with Crippen molar-refractivity contribution in [1.29, 1.82) is 0 Å². The van der Waals surface area contributed by atoms with Crippen molar-refractivity contribution >= 4 is 17.8 Å². The molecule has 1 aromatic carbocycles. The molecule has 0 bridgehead atoms. The lowest BCUT2D eigenvalue weighted by molar-refractivity contribution is -0.212. The number of esters is 1. The fourth-order valence-electron chi connectivity index (χ4n) is 4.01. The van der Waals surface area contributed by atoms with E-state index in [1.807, 2.05) is 31.2 Å². The summed E-state index contributed by atoms with van der Waals surface area (Å²) in [5.41, 5.74) is 1.09. The molecule has 1 saturated heterocycles. The van der Waals surface area contributed by atoms with Crippen LogP contribution in [0.3, 0.4) is 0 Å². The van der Waals surface area contributed by atoms with Gasteiger partial charge in [-0.3, -0.25) is 14.9 Å². The Kier molecular flexibility index (Phi) is 3.07. The molecule has 0 radical (unpaired) electrons. The summed E-state index contributed by atoms with van der Waals surface area (Å²) in [4.78, 5) is 35.9. The molecule has 24 heavy (non-hydrogen) atoms. The number of carbonyl (C=O) groups is 3. The number of hydrogen-bond donors (Lipinski definition) is 1. The van der Waals surface area contributed by atoms with Crippen LogP contribution in [0.5, 0.6) is 0 Å². The number of aryl methyl sites for hydroxylation is 1. The number of hydrogen-bond acceptors (Lipinski definition) is 5. The van der Waals surface area contributed by atoms with Crippen molar-refractivity contribution in [3.63, 3.8) is 0 Å². The second kappa shape index (κ2) is 4.93. The Bertz CT molecular complexity index is 781. The largest absolute Gasteiger partial charge is 0.492 e. The van der Waals surface area contributed by atoms with Crippen LogP contribution in [0.1, 0.15) is 18.1 Å². The van der Waals surface area contributed by atoms with Gasteiger partial charge in [-0.05, 0) is 19.4 Å². The Hall–Kier alpha value is -2.63. The van der Waals surface area contributed by atoms with E-state index in [1.54, 1.807) is 6.92 Å². The standard InChI is InChI=1S/C18H17NO5/c1-9-3-5-10(6-4-9)8-23-11-7-12(20)24-18(2)14(11)13-15(18)17(22)19-16(13)21/h3-7,13-15H,8H2,1-2H3,(H,19,21,22)/t13-,14+,15+,18+/m0/s1. The van der Waals surface area contributed by atoms with Gasteiger partial charge in [0.15, 0.2) is 0 Å². The van der Waals surface area contributed by atoms with Crippen LogP contribution < -0.4 is 5.32 Å². The maximum Gasteiger partial charge on any atom is 0.334 e. The minimum absolute atomic E-state index is 0.291. The van der Waals surface area contributed by atoms with E-state index >= 15 is 0 Å². The van der Waals surface area contributed by atoms with E-state index in [0.29, 0.717) is 12.4 Å². The molecule has 1 saturated carbocycles. The van der Waals surface area contributed by atoms with Crippen LogP contribution in [0.25, 0.3) is 0 Å². The summed E-state index contributed by atoms with van der Waals surface area (Å²) in [7, 11) is 0. The van der Waals surface area contributed by atoms with E-state index in [4.69, 9.17) is 9.47 Å². The molecule has 2 aliphatic heterocycles. The van der Waals surface area contributed by atoms with E-state index in [9.17, 15) is 14.4 Å². The molecule has 2 fully saturated rings. The lowest BCUT2D eigenvalue weighted by Gasteiger charge is -2.54. The highest BCUT2D eigenvalue weighted by atomic mass is 16.6. The topological polar surface area (TPSA) is 81.7 Å². The van der Waals surface area contributed by atoms with Gasteiger partial charge in [0.25, 0.3) is 0 Å². The molecule has 4 rings (SSSR count). The summed E-state index contributed by atoms with van der Waals surface area (Å²) < 4.78 is 11.2. The molecular formula is C18H17NO5. The molecular weight excluding hydrogens is 310 g/mol. The number of ether oxygens (including phenoxy) is 2. The van der Waals surface area contributed by atoms with E-state index < -0.39 is 29.3 Å². The van der Waals surface area contributed by atoms with Crippen LogP contribution in [0.15, 0.2) is 36.1 Å². The Morgan fingerprint density at radius 1 is 1.12 bits per heavy atom. The lowest BCUT2D eigenvalue weighted by Crippen LogP contribution is -2.66. The van der Waals surface area contributed by atoms with Crippen molar-refractivity contribution in [3.05, 3.63) is 47.2 Å². The quantitative estimate of drug-likeness (QED) is 0.667. The van der Waals surface area contributed by atoms with Crippen molar-refractivity contribution in [2.75, 3.05) is 0 Å². The zero-order valence-corrected chi connectivity index (χ0v) is 13.4. The van der Waals surface area contributed by atoms with E-state index in [1.165, 1.54) is 6.08 Å². The van der Waals surface area contributed by atoms with Gasteiger partial charge in [0, 0.05) is 0 Å². The molecule has 124 valence electrons. The fraction of sp³-hybridized carbons (Fsp3) is 0.389. The van der Waals surface area contributed by atoms with Gasteiger partial charge in [-0.25, -0.2) is 4.79 Å².